The lowest BCUT2D eigenvalue weighted by Gasteiger charge is -2.10. The van der Waals surface area contributed by atoms with Crippen molar-refractivity contribution in [3.05, 3.63) is 64.9 Å². The Balaban J connectivity index is 1.84. The van der Waals surface area contributed by atoms with E-state index in [9.17, 15) is 5.11 Å². The molecule has 1 aromatic heterocycles. The predicted molar refractivity (Wildman–Crippen MR) is 94.9 cm³/mol. The largest absolute Gasteiger partial charge is 0.392 e. The minimum absolute atomic E-state index is 0.0228. The zero-order valence-corrected chi connectivity index (χ0v) is 13.7. The molecule has 0 aliphatic rings. The van der Waals surface area contributed by atoms with Gasteiger partial charge in [0.25, 0.3) is 0 Å². The van der Waals surface area contributed by atoms with E-state index in [1.54, 1.807) is 13.0 Å². The van der Waals surface area contributed by atoms with Crippen molar-refractivity contribution in [2.75, 3.05) is 10.6 Å². The van der Waals surface area contributed by atoms with E-state index < -0.39 is 0 Å². The first-order valence-electron chi connectivity index (χ1n) is 7.35. The molecule has 3 aromatic rings. The van der Waals surface area contributed by atoms with Crippen LogP contribution in [0.15, 0.2) is 48.5 Å². The summed E-state index contributed by atoms with van der Waals surface area (Å²) in [5, 5.41) is 16.0. The molecule has 0 unspecified atom stereocenters. The first-order chi connectivity index (χ1) is 11.6. The molecule has 24 heavy (non-hydrogen) atoms. The molecule has 3 N–H and O–H groups in total. The van der Waals surface area contributed by atoms with Crippen molar-refractivity contribution in [1.29, 1.82) is 0 Å². The second kappa shape index (κ2) is 7.25. The molecule has 0 fully saturated rings. The van der Waals surface area contributed by atoms with Gasteiger partial charge >= 0.3 is 0 Å². The number of hydrogen-bond donors (Lipinski definition) is 3. The fourth-order valence-electron chi connectivity index (χ4n) is 2.15. The normalized spacial score (nSPS) is 10.5. The quantitative estimate of drug-likeness (QED) is 0.654. The SMILES string of the molecule is Cc1nc(Nc2cccc(CO)c2)nc(Nc2ccccc2Cl)n1. The molecule has 0 bridgehead atoms. The van der Waals surface area contributed by atoms with Crippen LogP contribution in [0.4, 0.5) is 23.3 Å². The maximum Gasteiger partial charge on any atom is 0.232 e. The third kappa shape index (κ3) is 3.98. The van der Waals surface area contributed by atoms with Crippen LogP contribution in [0.25, 0.3) is 0 Å². The van der Waals surface area contributed by atoms with Gasteiger partial charge in [-0.15, -0.1) is 0 Å². The number of aryl methyl sites for hydroxylation is 1. The Morgan fingerprint density at radius 2 is 1.71 bits per heavy atom. The van der Waals surface area contributed by atoms with Crippen molar-refractivity contribution in [1.82, 2.24) is 15.0 Å². The van der Waals surface area contributed by atoms with E-state index in [2.05, 4.69) is 25.6 Å². The second-order valence-electron chi connectivity index (χ2n) is 5.12. The van der Waals surface area contributed by atoms with E-state index in [-0.39, 0.29) is 6.61 Å². The Labute approximate surface area is 144 Å². The lowest BCUT2D eigenvalue weighted by molar-refractivity contribution is 0.282. The number of halogens is 1. The zero-order valence-electron chi connectivity index (χ0n) is 13.0. The van der Waals surface area contributed by atoms with E-state index in [1.165, 1.54) is 0 Å². The number of nitrogens with one attached hydrogen (secondary N) is 2. The van der Waals surface area contributed by atoms with E-state index >= 15 is 0 Å². The monoisotopic (exact) mass is 341 g/mol. The first kappa shape index (κ1) is 16.2. The molecule has 0 aliphatic heterocycles. The molecule has 2 aromatic carbocycles. The number of anilines is 4. The number of hydrogen-bond acceptors (Lipinski definition) is 6. The van der Waals surface area contributed by atoms with Crippen LogP contribution >= 0.6 is 11.6 Å². The maximum absolute atomic E-state index is 9.21. The second-order valence-corrected chi connectivity index (χ2v) is 5.53. The lowest BCUT2D eigenvalue weighted by atomic mass is 10.2. The van der Waals surface area contributed by atoms with Crippen LogP contribution in [0.5, 0.6) is 0 Å². The van der Waals surface area contributed by atoms with Crippen molar-refractivity contribution in [3.63, 3.8) is 0 Å². The summed E-state index contributed by atoms with van der Waals surface area (Å²) in [6, 6.07) is 14.8. The highest BCUT2D eigenvalue weighted by atomic mass is 35.5. The van der Waals surface area contributed by atoms with Crippen LogP contribution in [0.1, 0.15) is 11.4 Å². The number of nitrogens with zero attached hydrogens (tertiary/aromatic N) is 3. The third-order valence-electron chi connectivity index (χ3n) is 3.23. The molecule has 0 amide bonds. The van der Waals surface area contributed by atoms with Crippen LogP contribution in [0, 0.1) is 6.92 Å². The number of aliphatic hydroxyl groups is 1. The Hall–Kier alpha value is -2.70. The van der Waals surface area contributed by atoms with Crippen molar-refractivity contribution in [3.8, 4) is 0 Å². The first-order valence-corrected chi connectivity index (χ1v) is 7.73. The van der Waals surface area contributed by atoms with Crippen LogP contribution in [-0.4, -0.2) is 20.1 Å². The predicted octanol–water partition coefficient (Wildman–Crippen LogP) is 3.81. The van der Waals surface area contributed by atoms with Gasteiger partial charge in [0.15, 0.2) is 0 Å². The van der Waals surface area contributed by atoms with E-state index in [0.29, 0.717) is 22.7 Å². The average molecular weight is 342 g/mol. The van der Waals surface area contributed by atoms with Gasteiger partial charge in [0.2, 0.25) is 11.9 Å². The molecule has 0 saturated heterocycles. The number of aliphatic hydroxyl groups excluding tert-OH is 1. The Bertz CT molecular complexity index is 856. The Morgan fingerprint density at radius 1 is 0.958 bits per heavy atom. The van der Waals surface area contributed by atoms with Gasteiger partial charge in [0.05, 0.1) is 17.3 Å². The highest BCUT2D eigenvalue weighted by Gasteiger charge is 2.07. The number of aromatic nitrogens is 3. The summed E-state index contributed by atoms with van der Waals surface area (Å²) in [5.41, 5.74) is 2.31. The van der Waals surface area contributed by atoms with E-state index in [0.717, 1.165) is 16.9 Å². The molecule has 0 saturated carbocycles. The van der Waals surface area contributed by atoms with E-state index in [4.69, 9.17) is 11.6 Å². The Morgan fingerprint density at radius 3 is 2.46 bits per heavy atom. The maximum atomic E-state index is 9.21. The van der Waals surface area contributed by atoms with Crippen LogP contribution in [0.2, 0.25) is 5.02 Å². The fraction of sp³-hybridized carbons (Fsp3) is 0.118. The van der Waals surface area contributed by atoms with Gasteiger partial charge in [-0.3, -0.25) is 0 Å². The molecule has 0 aliphatic carbocycles. The topological polar surface area (TPSA) is 83.0 Å². The van der Waals surface area contributed by atoms with Crippen molar-refractivity contribution in [2.45, 2.75) is 13.5 Å². The molecule has 0 atom stereocenters. The third-order valence-corrected chi connectivity index (χ3v) is 3.56. The number of para-hydroxylation sites is 1. The van der Waals surface area contributed by atoms with Crippen molar-refractivity contribution < 1.29 is 5.11 Å². The summed E-state index contributed by atoms with van der Waals surface area (Å²) < 4.78 is 0. The van der Waals surface area contributed by atoms with Gasteiger partial charge in [-0.25, -0.2) is 0 Å². The van der Waals surface area contributed by atoms with Crippen molar-refractivity contribution >= 4 is 34.9 Å². The summed E-state index contributed by atoms with van der Waals surface area (Å²) in [6.07, 6.45) is 0. The minimum Gasteiger partial charge on any atom is -0.392 e. The minimum atomic E-state index is -0.0228. The van der Waals surface area contributed by atoms with Crippen LogP contribution in [-0.2, 0) is 6.61 Å². The van der Waals surface area contributed by atoms with Gasteiger partial charge in [0.1, 0.15) is 5.82 Å². The summed E-state index contributed by atoms with van der Waals surface area (Å²) in [6.45, 7) is 1.76. The van der Waals surface area contributed by atoms with Gasteiger partial charge in [-0.1, -0.05) is 35.9 Å². The average Bonchev–Trinajstić information content (AvgIpc) is 2.56. The molecular formula is C17H16ClN5O. The molecule has 0 spiro atoms. The van der Waals surface area contributed by atoms with Crippen LogP contribution in [0.3, 0.4) is 0 Å². The number of benzene rings is 2. The fourth-order valence-corrected chi connectivity index (χ4v) is 2.34. The summed E-state index contributed by atoms with van der Waals surface area (Å²) in [4.78, 5) is 12.9. The molecule has 0 radical (unpaired) electrons. The molecule has 7 heteroatoms. The highest BCUT2D eigenvalue weighted by Crippen LogP contribution is 2.24. The standard InChI is InChI=1S/C17H16ClN5O/c1-11-19-16(21-13-6-4-5-12(9-13)10-24)23-17(20-11)22-15-8-3-2-7-14(15)18/h2-9,24H,10H2,1H3,(H2,19,20,21,22,23). The summed E-state index contributed by atoms with van der Waals surface area (Å²) in [5.74, 6) is 1.38. The Kier molecular flexibility index (Phi) is 4.88. The molecular weight excluding hydrogens is 326 g/mol. The summed E-state index contributed by atoms with van der Waals surface area (Å²) >= 11 is 6.14. The number of rotatable bonds is 5. The van der Waals surface area contributed by atoms with Gasteiger partial charge in [-0.2, -0.15) is 15.0 Å². The zero-order chi connectivity index (χ0) is 16.9. The smallest absolute Gasteiger partial charge is 0.232 e. The molecule has 122 valence electrons. The molecule has 1 heterocycles. The van der Waals surface area contributed by atoms with E-state index in [1.807, 2.05) is 42.5 Å². The van der Waals surface area contributed by atoms with Crippen molar-refractivity contribution in [2.24, 2.45) is 0 Å². The highest BCUT2D eigenvalue weighted by molar-refractivity contribution is 6.33. The van der Waals surface area contributed by atoms with Gasteiger partial charge in [-0.05, 0) is 36.8 Å². The van der Waals surface area contributed by atoms with Gasteiger partial charge in [0, 0.05) is 5.69 Å². The van der Waals surface area contributed by atoms with Crippen LogP contribution < -0.4 is 10.6 Å². The lowest BCUT2D eigenvalue weighted by Crippen LogP contribution is -2.05. The van der Waals surface area contributed by atoms with Gasteiger partial charge < -0.3 is 15.7 Å². The molecule has 3 rings (SSSR count). The molecule has 6 nitrogen and oxygen atoms in total. The summed E-state index contributed by atoms with van der Waals surface area (Å²) in [7, 11) is 0.